The van der Waals surface area contributed by atoms with Crippen molar-refractivity contribution in [2.45, 2.75) is 9.79 Å². The first kappa shape index (κ1) is 19.8. The predicted molar refractivity (Wildman–Crippen MR) is 148 cm³/mol. The van der Waals surface area contributed by atoms with Gasteiger partial charge in [-0.05, 0) is 52.9 Å². The molecule has 2 heterocycles. The van der Waals surface area contributed by atoms with Crippen LogP contribution in [-0.4, -0.2) is 9.97 Å². The van der Waals surface area contributed by atoms with Crippen LogP contribution in [0, 0.1) is 0 Å². The van der Waals surface area contributed by atoms with Gasteiger partial charge < -0.3 is 4.90 Å². The second kappa shape index (κ2) is 7.54. The monoisotopic (exact) mass is 477 g/mol. The zero-order valence-electron chi connectivity index (χ0n) is 19.2. The lowest BCUT2D eigenvalue weighted by Gasteiger charge is -2.32. The van der Waals surface area contributed by atoms with E-state index in [1.165, 1.54) is 54.2 Å². The number of hydrogen-bond donors (Lipinski definition) is 0. The molecular weight excluding hydrogens is 458 g/mol. The van der Waals surface area contributed by atoms with Crippen LogP contribution in [0.2, 0.25) is 0 Å². The van der Waals surface area contributed by atoms with Crippen LogP contribution in [0.5, 0.6) is 0 Å². The minimum absolute atomic E-state index is 0.978. The second-order valence-corrected chi connectivity index (χ2v) is 10.1. The molecule has 0 amide bonds. The van der Waals surface area contributed by atoms with Crippen molar-refractivity contribution in [1.29, 1.82) is 0 Å². The third-order valence-corrected chi connectivity index (χ3v) is 8.25. The molecule has 0 N–H and O–H groups in total. The summed E-state index contributed by atoms with van der Waals surface area (Å²) in [6.07, 6.45) is 3.55. The maximum absolute atomic E-state index is 4.63. The summed E-state index contributed by atoms with van der Waals surface area (Å²) in [5, 5.41) is 2.49. The zero-order valence-corrected chi connectivity index (χ0v) is 20.0. The van der Waals surface area contributed by atoms with E-state index in [4.69, 9.17) is 0 Å². The molecule has 0 fully saturated rings. The van der Waals surface area contributed by atoms with Crippen LogP contribution in [0.3, 0.4) is 0 Å². The molecule has 8 rings (SSSR count). The predicted octanol–water partition coefficient (Wildman–Crippen LogP) is 8.88. The average Bonchev–Trinajstić information content (AvgIpc) is 3.27. The van der Waals surface area contributed by atoms with E-state index in [1.807, 2.05) is 11.8 Å². The van der Waals surface area contributed by atoms with Gasteiger partial charge in [0, 0.05) is 44.4 Å². The van der Waals surface area contributed by atoms with Crippen molar-refractivity contribution >= 4 is 39.6 Å². The Morgan fingerprint density at radius 3 is 1.83 bits per heavy atom. The number of rotatable bonds is 2. The Kier molecular flexibility index (Phi) is 4.16. The Bertz CT molecular complexity index is 1750. The quantitative estimate of drug-likeness (QED) is 0.249. The van der Waals surface area contributed by atoms with Gasteiger partial charge in [-0.2, -0.15) is 0 Å². The standard InChI is InChI=1S/C32H19N3S/c1-3-10-28-26(8-1)35(27-9-2-4-11-29(27)36-28)21-14-12-20(13-15-21)22-16-17-25-30-23(22)6-5-7-24(30)31-32(25)34-19-18-33-31/h1-19H. The van der Waals surface area contributed by atoms with Gasteiger partial charge in [0.2, 0.25) is 0 Å². The van der Waals surface area contributed by atoms with Crippen LogP contribution in [0.4, 0.5) is 17.1 Å². The van der Waals surface area contributed by atoms with Gasteiger partial charge >= 0.3 is 0 Å². The summed E-state index contributed by atoms with van der Waals surface area (Å²) >= 11 is 1.83. The lowest BCUT2D eigenvalue weighted by molar-refractivity contribution is 1.17. The van der Waals surface area contributed by atoms with E-state index >= 15 is 0 Å². The number of anilines is 3. The van der Waals surface area contributed by atoms with Crippen molar-refractivity contribution in [3.63, 3.8) is 0 Å². The Labute approximate surface area is 213 Å². The zero-order chi connectivity index (χ0) is 23.6. The van der Waals surface area contributed by atoms with Crippen molar-refractivity contribution in [3.05, 3.63) is 116 Å². The molecule has 0 bridgehead atoms. The summed E-state index contributed by atoms with van der Waals surface area (Å²) < 4.78 is 0. The van der Waals surface area contributed by atoms with E-state index in [0.717, 1.165) is 17.1 Å². The summed E-state index contributed by atoms with van der Waals surface area (Å²) in [5.41, 5.74) is 10.3. The lowest BCUT2D eigenvalue weighted by Crippen LogP contribution is -2.14. The fraction of sp³-hybridized carbons (Fsp3) is 0. The summed E-state index contributed by atoms with van der Waals surface area (Å²) in [5.74, 6) is 0. The van der Waals surface area contributed by atoms with E-state index in [9.17, 15) is 0 Å². The van der Waals surface area contributed by atoms with Gasteiger partial charge in [-0.15, -0.1) is 0 Å². The highest BCUT2D eigenvalue weighted by Crippen LogP contribution is 2.52. The van der Waals surface area contributed by atoms with Gasteiger partial charge in [0.15, 0.2) is 0 Å². The minimum atomic E-state index is 0.978. The summed E-state index contributed by atoms with van der Waals surface area (Å²) in [7, 11) is 0. The Hall–Kier alpha value is -4.41. The molecule has 3 nitrogen and oxygen atoms in total. The van der Waals surface area contributed by atoms with Gasteiger partial charge in [-0.1, -0.05) is 78.5 Å². The highest BCUT2D eigenvalue weighted by atomic mass is 32.2. The maximum Gasteiger partial charge on any atom is 0.0971 e. The second-order valence-electron chi connectivity index (χ2n) is 9.06. The molecule has 1 aromatic heterocycles. The molecule has 0 radical (unpaired) electrons. The van der Waals surface area contributed by atoms with E-state index in [-0.39, 0.29) is 0 Å². The highest BCUT2D eigenvalue weighted by Gasteiger charge is 2.26. The summed E-state index contributed by atoms with van der Waals surface area (Å²) in [4.78, 5) is 14.2. The van der Waals surface area contributed by atoms with Gasteiger partial charge in [0.05, 0.1) is 22.8 Å². The molecule has 4 heteroatoms. The van der Waals surface area contributed by atoms with Gasteiger partial charge in [0.25, 0.3) is 0 Å². The molecule has 0 saturated carbocycles. The van der Waals surface area contributed by atoms with E-state index < -0.39 is 0 Å². The summed E-state index contributed by atoms with van der Waals surface area (Å²) in [6.45, 7) is 0. The number of nitrogens with zero attached hydrogens (tertiary/aromatic N) is 3. The largest absolute Gasteiger partial charge is 0.308 e. The molecule has 1 aliphatic heterocycles. The molecule has 0 spiro atoms. The molecule has 6 aromatic rings. The van der Waals surface area contributed by atoms with Crippen LogP contribution in [0.1, 0.15) is 0 Å². The van der Waals surface area contributed by atoms with Gasteiger partial charge in [-0.3, -0.25) is 9.97 Å². The maximum atomic E-state index is 4.63. The molecule has 168 valence electrons. The third-order valence-electron chi connectivity index (χ3n) is 7.12. The number of hydrogen-bond acceptors (Lipinski definition) is 4. The fourth-order valence-electron chi connectivity index (χ4n) is 5.56. The number of benzene rings is 5. The number of para-hydroxylation sites is 2. The Morgan fingerprint density at radius 1 is 0.528 bits per heavy atom. The normalized spacial score (nSPS) is 12.8. The molecule has 2 aliphatic rings. The lowest BCUT2D eigenvalue weighted by atomic mass is 9.94. The molecule has 0 atom stereocenters. The van der Waals surface area contributed by atoms with Crippen molar-refractivity contribution < 1.29 is 0 Å². The molecular formula is C32H19N3S. The first-order chi connectivity index (χ1) is 17.9. The minimum Gasteiger partial charge on any atom is -0.308 e. The van der Waals surface area contributed by atoms with Crippen LogP contribution in [0.15, 0.2) is 125 Å². The van der Waals surface area contributed by atoms with Crippen LogP contribution < -0.4 is 4.90 Å². The van der Waals surface area contributed by atoms with E-state index in [2.05, 4.69) is 118 Å². The molecule has 0 saturated heterocycles. The van der Waals surface area contributed by atoms with Crippen molar-refractivity contribution in [1.82, 2.24) is 9.97 Å². The summed E-state index contributed by atoms with van der Waals surface area (Å²) in [6, 6.07) is 37.1. The number of aromatic nitrogens is 2. The van der Waals surface area contributed by atoms with Crippen LogP contribution in [-0.2, 0) is 0 Å². The highest BCUT2D eigenvalue weighted by molar-refractivity contribution is 7.99. The van der Waals surface area contributed by atoms with Gasteiger partial charge in [0.1, 0.15) is 0 Å². The van der Waals surface area contributed by atoms with Gasteiger partial charge in [-0.25, -0.2) is 0 Å². The molecule has 5 aromatic carbocycles. The SMILES string of the molecule is c1ccc2c(c1)Sc1ccccc1N2c1ccc(-c2ccc3c4c(cccc24)-c2nccnc2-3)cc1. The fourth-order valence-corrected chi connectivity index (χ4v) is 6.62. The van der Waals surface area contributed by atoms with E-state index in [1.54, 1.807) is 12.4 Å². The topological polar surface area (TPSA) is 29.0 Å². The average molecular weight is 478 g/mol. The van der Waals surface area contributed by atoms with Crippen LogP contribution in [0.25, 0.3) is 44.4 Å². The smallest absolute Gasteiger partial charge is 0.0971 e. The Balaban J connectivity index is 1.26. The molecule has 0 unspecified atom stereocenters. The van der Waals surface area contributed by atoms with Crippen LogP contribution >= 0.6 is 11.8 Å². The van der Waals surface area contributed by atoms with Crippen molar-refractivity contribution in [2.75, 3.05) is 4.90 Å². The van der Waals surface area contributed by atoms with Crippen molar-refractivity contribution in [3.8, 4) is 33.6 Å². The first-order valence-electron chi connectivity index (χ1n) is 12.0. The number of fused-ring (bicyclic) bond motifs is 5. The first-order valence-corrected chi connectivity index (χ1v) is 12.8. The third kappa shape index (κ3) is 2.76. The molecule has 36 heavy (non-hydrogen) atoms. The molecule has 1 aliphatic carbocycles. The Morgan fingerprint density at radius 2 is 1.14 bits per heavy atom. The van der Waals surface area contributed by atoms with E-state index in [0.29, 0.717) is 0 Å². The van der Waals surface area contributed by atoms with Crippen molar-refractivity contribution in [2.24, 2.45) is 0 Å².